The SMILES string of the molecule is CCn1ccnc1CC(N)C(C)(C)c1ccc(F)cc1. The average molecular weight is 275 g/mol. The Morgan fingerprint density at radius 3 is 2.55 bits per heavy atom. The quantitative estimate of drug-likeness (QED) is 0.912. The molecule has 1 atom stereocenters. The van der Waals surface area contributed by atoms with E-state index in [9.17, 15) is 4.39 Å². The summed E-state index contributed by atoms with van der Waals surface area (Å²) in [4.78, 5) is 4.37. The summed E-state index contributed by atoms with van der Waals surface area (Å²) >= 11 is 0. The second kappa shape index (κ2) is 5.75. The number of rotatable bonds is 5. The third-order valence-electron chi connectivity index (χ3n) is 4.06. The maximum Gasteiger partial charge on any atom is 0.123 e. The molecule has 2 N–H and O–H groups in total. The summed E-state index contributed by atoms with van der Waals surface area (Å²) in [6.45, 7) is 7.15. The Kier molecular flexibility index (Phi) is 4.23. The number of nitrogens with zero attached hydrogens (tertiary/aromatic N) is 2. The lowest BCUT2D eigenvalue weighted by Gasteiger charge is -2.32. The van der Waals surface area contributed by atoms with E-state index in [0.717, 1.165) is 17.9 Å². The van der Waals surface area contributed by atoms with Crippen molar-refractivity contribution < 1.29 is 4.39 Å². The van der Waals surface area contributed by atoms with Crippen molar-refractivity contribution in [3.8, 4) is 0 Å². The summed E-state index contributed by atoms with van der Waals surface area (Å²) in [5.74, 6) is 0.773. The molecule has 0 aliphatic heterocycles. The predicted octanol–water partition coefficient (Wildman–Crippen LogP) is 2.89. The van der Waals surface area contributed by atoms with E-state index in [1.54, 1.807) is 6.20 Å². The fraction of sp³-hybridized carbons (Fsp3) is 0.438. The van der Waals surface area contributed by atoms with Crippen molar-refractivity contribution in [2.75, 3.05) is 0 Å². The third kappa shape index (κ3) is 2.90. The lowest BCUT2D eigenvalue weighted by molar-refractivity contribution is 0.396. The molecular weight excluding hydrogens is 253 g/mol. The van der Waals surface area contributed by atoms with Crippen molar-refractivity contribution in [1.29, 1.82) is 0 Å². The molecule has 20 heavy (non-hydrogen) atoms. The maximum atomic E-state index is 13.0. The van der Waals surface area contributed by atoms with Crippen molar-refractivity contribution in [2.24, 2.45) is 5.73 Å². The van der Waals surface area contributed by atoms with Crippen LogP contribution in [-0.4, -0.2) is 15.6 Å². The molecule has 108 valence electrons. The molecule has 3 nitrogen and oxygen atoms in total. The van der Waals surface area contributed by atoms with Gasteiger partial charge in [-0.25, -0.2) is 9.37 Å². The maximum absolute atomic E-state index is 13.0. The summed E-state index contributed by atoms with van der Waals surface area (Å²) in [6, 6.07) is 6.50. The van der Waals surface area contributed by atoms with Gasteiger partial charge >= 0.3 is 0 Å². The molecule has 0 fully saturated rings. The molecule has 1 aromatic heterocycles. The summed E-state index contributed by atoms with van der Waals surface area (Å²) < 4.78 is 15.1. The minimum absolute atomic E-state index is 0.0827. The summed E-state index contributed by atoms with van der Waals surface area (Å²) in [5, 5.41) is 0. The van der Waals surface area contributed by atoms with E-state index in [-0.39, 0.29) is 17.3 Å². The molecule has 1 aromatic carbocycles. The first kappa shape index (κ1) is 14.7. The normalized spacial score (nSPS) is 13.4. The van der Waals surface area contributed by atoms with Crippen LogP contribution in [0.1, 0.15) is 32.2 Å². The van der Waals surface area contributed by atoms with Crippen LogP contribution in [0.2, 0.25) is 0 Å². The topological polar surface area (TPSA) is 43.8 Å². The zero-order chi connectivity index (χ0) is 14.8. The molecule has 0 saturated heterocycles. The van der Waals surface area contributed by atoms with Crippen LogP contribution >= 0.6 is 0 Å². The van der Waals surface area contributed by atoms with E-state index in [1.165, 1.54) is 12.1 Å². The molecule has 1 unspecified atom stereocenters. The second-order valence-corrected chi connectivity index (χ2v) is 5.67. The van der Waals surface area contributed by atoms with Gasteiger partial charge in [-0.1, -0.05) is 26.0 Å². The Bertz CT molecular complexity index is 557. The molecule has 0 aliphatic carbocycles. The Labute approximate surface area is 119 Å². The van der Waals surface area contributed by atoms with Crippen LogP contribution in [0.25, 0.3) is 0 Å². The van der Waals surface area contributed by atoms with Crippen molar-refractivity contribution in [1.82, 2.24) is 9.55 Å². The largest absolute Gasteiger partial charge is 0.335 e. The lowest BCUT2D eigenvalue weighted by Crippen LogP contribution is -2.43. The van der Waals surface area contributed by atoms with Crippen molar-refractivity contribution in [2.45, 2.75) is 45.2 Å². The molecule has 2 aromatic rings. The highest BCUT2D eigenvalue weighted by Gasteiger charge is 2.29. The molecule has 0 bridgehead atoms. The van der Waals surface area contributed by atoms with Crippen LogP contribution in [0.15, 0.2) is 36.7 Å². The van der Waals surface area contributed by atoms with Crippen molar-refractivity contribution in [3.05, 3.63) is 53.9 Å². The number of nitrogens with two attached hydrogens (primary N) is 1. The summed E-state index contributed by atoms with van der Waals surface area (Å²) in [5.41, 5.74) is 7.19. The van der Waals surface area contributed by atoms with Crippen LogP contribution < -0.4 is 5.73 Å². The number of aryl methyl sites for hydroxylation is 1. The summed E-state index contributed by atoms with van der Waals surface area (Å²) in [6.07, 6.45) is 4.47. The minimum atomic E-state index is -0.238. The van der Waals surface area contributed by atoms with E-state index >= 15 is 0 Å². The Morgan fingerprint density at radius 1 is 1.30 bits per heavy atom. The van der Waals surface area contributed by atoms with Gasteiger partial charge in [0.25, 0.3) is 0 Å². The van der Waals surface area contributed by atoms with Gasteiger partial charge in [0.15, 0.2) is 0 Å². The molecule has 1 heterocycles. The van der Waals surface area contributed by atoms with Gasteiger partial charge in [0.2, 0.25) is 0 Å². The molecule has 4 heteroatoms. The van der Waals surface area contributed by atoms with Gasteiger partial charge in [-0.3, -0.25) is 0 Å². The number of imidazole rings is 1. The highest BCUT2D eigenvalue weighted by atomic mass is 19.1. The van der Waals surface area contributed by atoms with E-state index in [1.807, 2.05) is 18.3 Å². The van der Waals surface area contributed by atoms with Gasteiger partial charge in [-0.2, -0.15) is 0 Å². The molecule has 2 rings (SSSR count). The van der Waals surface area contributed by atoms with E-state index in [0.29, 0.717) is 6.42 Å². The number of benzene rings is 1. The van der Waals surface area contributed by atoms with Gasteiger partial charge in [-0.15, -0.1) is 0 Å². The summed E-state index contributed by atoms with van der Waals surface area (Å²) in [7, 11) is 0. The first-order valence-electron chi connectivity index (χ1n) is 6.96. The first-order valence-corrected chi connectivity index (χ1v) is 6.96. The number of hydrogen-bond acceptors (Lipinski definition) is 2. The molecule has 0 aliphatic rings. The smallest absolute Gasteiger partial charge is 0.123 e. The minimum Gasteiger partial charge on any atom is -0.335 e. The average Bonchev–Trinajstić information content (AvgIpc) is 2.86. The van der Waals surface area contributed by atoms with E-state index < -0.39 is 0 Å². The van der Waals surface area contributed by atoms with Crippen LogP contribution in [0.4, 0.5) is 4.39 Å². The number of halogens is 1. The van der Waals surface area contributed by atoms with E-state index in [4.69, 9.17) is 5.73 Å². The zero-order valence-corrected chi connectivity index (χ0v) is 12.3. The van der Waals surface area contributed by atoms with Crippen LogP contribution in [-0.2, 0) is 18.4 Å². The molecule has 0 radical (unpaired) electrons. The predicted molar refractivity (Wildman–Crippen MR) is 79.0 cm³/mol. The monoisotopic (exact) mass is 275 g/mol. The third-order valence-corrected chi connectivity index (χ3v) is 4.06. The van der Waals surface area contributed by atoms with Crippen LogP contribution in [0.5, 0.6) is 0 Å². The van der Waals surface area contributed by atoms with Crippen LogP contribution in [0, 0.1) is 5.82 Å². The fourth-order valence-electron chi connectivity index (χ4n) is 2.36. The van der Waals surface area contributed by atoms with Gasteiger partial charge in [0, 0.05) is 36.8 Å². The van der Waals surface area contributed by atoms with Crippen molar-refractivity contribution >= 4 is 0 Å². The Hall–Kier alpha value is -1.68. The Morgan fingerprint density at radius 2 is 1.95 bits per heavy atom. The fourth-order valence-corrected chi connectivity index (χ4v) is 2.36. The second-order valence-electron chi connectivity index (χ2n) is 5.67. The van der Waals surface area contributed by atoms with Gasteiger partial charge in [0.05, 0.1) is 0 Å². The van der Waals surface area contributed by atoms with Gasteiger partial charge in [-0.05, 0) is 24.6 Å². The number of aromatic nitrogens is 2. The van der Waals surface area contributed by atoms with Crippen LogP contribution in [0.3, 0.4) is 0 Å². The van der Waals surface area contributed by atoms with E-state index in [2.05, 4.69) is 30.3 Å². The van der Waals surface area contributed by atoms with Gasteiger partial charge in [0.1, 0.15) is 11.6 Å². The molecule has 0 saturated carbocycles. The molecule has 0 amide bonds. The lowest BCUT2D eigenvalue weighted by atomic mass is 9.77. The standard InChI is InChI=1S/C16H22FN3/c1-4-20-10-9-19-15(20)11-14(18)16(2,3)12-5-7-13(17)8-6-12/h5-10,14H,4,11,18H2,1-3H3. The number of hydrogen-bond donors (Lipinski definition) is 1. The van der Waals surface area contributed by atoms with Gasteiger partial charge < -0.3 is 10.3 Å². The zero-order valence-electron chi connectivity index (χ0n) is 12.3. The first-order chi connectivity index (χ1) is 9.45. The molecular formula is C16H22FN3. The highest BCUT2D eigenvalue weighted by Crippen LogP contribution is 2.27. The molecule has 0 spiro atoms. The highest BCUT2D eigenvalue weighted by molar-refractivity contribution is 5.26. The van der Waals surface area contributed by atoms with Crippen molar-refractivity contribution in [3.63, 3.8) is 0 Å². The Balaban J connectivity index is 2.18.